The van der Waals surface area contributed by atoms with Gasteiger partial charge in [-0.25, -0.2) is 0 Å². The van der Waals surface area contributed by atoms with Gasteiger partial charge in [-0.15, -0.1) is 0 Å². The molecule has 2 rings (SSSR count). The molecular weight excluding hydrogens is 248 g/mol. The molecule has 3 heteroatoms. The zero-order chi connectivity index (χ0) is 14.5. The summed E-state index contributed by atoms with van der Waals surface area (Å²) in [4.78, 5) is 4.82. The summed E-state index contributed by atoms with van der Waals surface area (Å²) in [7, 11) is 4.39. The molecule has 1 heterocycles. The van der Waals surface area contributed by atoms with Crippen molar-refractivity contribution in [2.75, 3.05) is 33.7 Å². The van der Waals surface area contributed by atoms with Gasteiger partial charge in [-0.05, 0) is 64.5 Å². The summed E-state index contributed by atoms with van der Waals surface area (Å²) in [5, 5.41) is 10.4. The Kier molecular flexibility index (Phi) is 5.58. The van der Waals surface area contributed by atoms with Crippen LogP contribution in [0, 0.1) is 6.92 Å². The van der Waals surface area contributed by atoms with E-state index in [1.807, 2.05) is 18.2 Å². The van der Waals surface area contributed by atoms with Crippen LogP contribution in [-0.2, 0) is 0 Å². The SMILES string of the molecule is Cc1ccccc1C(O)CCN(C)C1CCN(C)CC1. The van der Waals surface area contributed by atoms with Gasteiger partial charge in [0.15, 0.2) is 0 Å². The molecule has 0 aliphatic carbocycles. The monoisotopic (exact) mass is 276 g/mol. The van der Waals surface area contributed by atoms with Crippen molar-refractivity contribution in [2.24, 2.45) is 0 Å². The maximum Gasteiger partial charge on any atom is 0.0804 e. The van der Waals surface area contributed by atoms with E-state index in [1.54, 1.807) is 0 Å². The van der Waals surface area contributed by atoms with Gasteiger partial charge in [0.25, 0.3) is 0 Å². The molecule has 1 unspecified atom stereocenters. The Morgan fingerprint density at radius 3 is 2.60 bits per heavy atom. The van der Waals surface area contributed by atoms with Crippen molar-refractivity contribution in [2.45, 2.75) is 38.3 Å². The van der Waals surface area contributed by atoms with Gasteiger partial charge < -0.3 is 14.9 Å². The van der Waals surface area contributed by atoms with Crippen LogP contribution in [0.2, 0.25) is 0 Å². The highest BCUT2D eigenvalue weighted by Gasteiger charge is 2.21. The summed E-state index contributed by atoms with van der Waals surface area (Å²) in [5.41, 5.74) is 2.26. The smallest absolute Gasteiger partial charge is 0.0804 e. The van der Waals surface area contributed by atoms with E-state index < -0.39 is 0 Å². The number of likely N-dealkylation sites (tertiary alicyclic amines) is 1. The fraction of sp³-hybridized carbons (Fsp3) is 0.647. The number of benzene rings is 1. The molecule has 1 aliphatic heterocycles. The molecule has 0 spiro atoms. The molecule has 1 aromatic rings. The highest BCUT2D eigenvalue weighted by Crippen LogP contribution is 2.22. The number of nitrogens with zero attached hydrogens (tertiary/aromatic N) is 2. The predicted molar refractivity (Wildman–Crippen MR) is 83.9 cm³/mol. The zero-order valence-electron chi connectivity index (χ0n) is 13.0. The van der Waals surface area contributed by atoms with Gasteiger partial charge in [-0.2, -0.15) is 0 Å². The molecule has 1 aromatic carbocycles. The molecule has 0 amide bonds. The van der Waals surface area contributed by atoms with Crippen LogP contribution in [0.15, 0.2) is 24.3 Å². The number of aryl methyl sites for hydroxylation is 1. The molecule has 1 saturated heterocycles. The van der Waals surface area contributed by atoms with Crippen LogP contribution in [0.5, 0.6) is 0 Å². The number of hydrogen-bond acceptors (Lipinski definition) is 3. The largest absolute Gasteiger partial charge is 0.388 e. The first-order chi connectivity index (χ1) is 9.58. The lowest BCUT2D eigenvalue weighted by Crippen LogP contribution is -2.42. The number of hydrogen-bond donors (Lipinski definition) is 1. The fourth-order valence-corrected chi connectivity index (χ4v) is 3.06. The zero-order valence-corrected chi connectivity index (χ0v) is 13.0. The number of rotatable bonds is 5. The number of aliphatic hydroxyl groups excluding tert-OH is 1. The van der Waals surface area contributed by atoms with Gasteiger partial charge in [0, 0.05) is 12.6 Å². The Bertz CT molecular complexity index is 413. The summed E-state index contributed by atoms with van der Waals surface area (Å²) in [6.07, 6.45) is 2.96. The third-order valence-corrected chi connectivity index (χ3v) is 4.61. The number of aliphatic hydroxyl groups is 1. The second kappa shape index (κ2) is 7.21. The van der Waals surface area contributed by atoms with E-state index in [0.29, 0.717) is 6.04 Å². The highest BCUT2D eigenvalue weighted by atomic mass is 16.3. The molecule has 0 aromatic heterocycles. The molecule has 0 saturated carbocycles. The van der Waals surface area contributed by atoms with Gasteiger partial charge >= 0.3 is 0 Å². The average Bonchev–Trinajstić information content (AvgIpc) is 2.45. The minimum Gasteiger partial charge on any atom is -0.388 e. The van der Waals surface area contributed by atoms with E-state index in [0.717, 1.165) is 18.5 Å². The van der Waals surface area contributed by atoms with Gasteiger partial charge in [0.1, 0.15) is 0 Å². The Labute approximate surface area is 123 Å². The third kappa shape index (κ3) is 4.05. The van der Waals surface area contributed by atoms with E-state index in [-0.39, 0.29) is 6.10 Å². The van der Waals surface area contributed by atoms with Gasteiger partial charge in [0.05, 0.1) is 6.10 Å². The first-order valence-corrected chi connectivity index (χ1v) is 7.70. The van der Waals surface area contributed by atoms with E-state index in [9.17, 15) is 5.11 Å². The van der Waals surface area contributed by atoms with Crippen LogP contribution in [0.4, 0.5) is 0 Å². The van der Waals surface area contributed by atoms with Crippen LogP contribution >= 0.6 is 0 Å². The van der Waals surface area contributed by atoms with Crippen LogP contribution in [0.25, 0.3) is 0 Å². The standard InChI is InChI=1S/C17H28N2O/c1-14-6-4-5-7-16(14)17(20)10-13-19(3)15-8-11-18(2)12-9-15/h4-7,15,17,20H,8-13H2,1-3H3. The van der Waals surface area contributed by atoms with Crippen LogP contribution in [0.1, 0.15) is 36.5 Å². The molecule has 1 fully saturated rings. The lowest BCUT2D eigenvalue weighted by Gasteiger charge is -2.35. The van der Waals surface area contributed by atoms with Crippen molar-refractivity contribution >= 4 is 0 Å². The topological polar surface area (TPSA) is 26.7 Å². The first kappa shape index (κ1) is 15.5. The Balaban J connectivity index is 1.81. The van der Waals surface area contributed by atoms with Crippen molar-refractivity contribution in [3.8, 4) is 0 Å². The molecule has 20 heavy (non-hydrogen) atoms. The Morgan fingerprint density at radius 1 is 1.30 bits per heavy atom. The molecule has 1 aliphatic rings. The molecule has 0 bridgehead atoms. The molecule has 0 radical (unpaired) electrons. The third-order valence-electron chi connectivity index (χ3n) is 4.61. The van der Waals surface area contributed by atoms with E-state index in [1.165, 1.54) is 31.5 Å². The normalized spacial score (nSPS) is 19.4. The lowest BCUT2D eigenvalue weighted by molar-refractivity contribution is 0.109. The van der Waals surface area contributed by atoms with Crippen molar-refractivity contribution < 1.29 is 5.11 Å². The average molecular weight is 276 g/mol. The van der Waals surface area contributed by atoms with Crippen LogP contribution in [-0.4, -0.2) is 54.7 Å². The molecule has 1 N–H and O–H groups in total. The van der Waals surface area contributed by atoms with Crippen molar-refractivity contribution in [3.63, 3.8) is 0 Å². The minimum atomic E-state index is -0.343. The van der Waals surface area contributed by atoms with E-state index in [2.05, 4.69) is 36.9 Å². The predicted octanol–water partition coefficient (Wildman–Crippen LogP) is 2.44. The van der Waals surface area contributed by atoms with E-state index in [4.69, 9.17) is 0 Å². The maximum absolute atomic E-state index is 10.4. The molecule has 1 atom stereocenters. The maximum atomic E-state index is 10.4. The van der Waals surface area contributed by atoms with Gasteiger partial charge in [-0.1, -0.05) is 24.3 Å². The molecular formula is C17H28N2O. The number of piperidine rings is 1. The minimum absolute atomic E-state index is 0.343. The lowest BCUT2D eigenvalue weighted by atomic mass is 10.00. The summed E-state index contributed by atoms with van der Waals surface area (Å²) in [6.45, 7) is 5.41. The highest BCUT2D eigenvalue weighted by molar-refractivity contribution is 5.27. The van der Waals surface area contributed by atoms with Crippen molar-refractivity contribution in [1.29, 1.82) is 0 Å². The summed E-state index contributed by atoms with van der Waals surface area (Å²) >= 11 is 0. The van der Waals surface area contributed by atoms with E-state index >= 15 is 0 Å². The summed E-state index contributed by atoms with van der Waals surface area (Å²) in [5.74, 6) is 0. The fourth-order valence-electron chi connectivity index (χ4n) is 3.06. The second-order valence-corrected chi connectivity index (χ2v) is 6.18. The van der Waals surface area contributed by atoms with Crippen LogP contribution in [0.3, 0.4) is 0 Å². The second-order valence-electron chi connectivity index (χ2n) is 6.18. The first-order valence-electron chi connectivity index (χ1n) is 7.70. The Morgan fingerprint density at radius 2 is 1.95 bits per heavy atom. The van der Waals surface area contributed by atoms with Gasteiger partial charge in [-0.3, -0.25) is 0 Å². The van der Waals surface area contributed by atoms with Crippen molar-refractivity contribution in [3.05, 3.63) is 35.4 Å². The summed E-state index contributed by atoms with van der Waals surface area (Å²) in [6, 6.07) is 8.81. The van der Waals surface area contributed by atoms with Gasteiger partial charge in [0.2, 0.25) is 0 Å². The Hall–Kier alpha value is -0.900. The van der Waals surface area contributed by atoms with Crippen molar-refractivity contribution in [1.82, 2.24) is 9.80 Å². The molecule has 3 nitrogen and oxygen atoms in total. The van der Waals surface area contributed by atoms with Crippen LogP contribution < -0.4 is 0 Å². The quantitative estimate of drug-likeness (QED) is 0.895. The summed E-state index contributed by atoms with van der Waals surface area (Å²) < 4.78 is 0. The molecule has 112 valence electrons.